The van der Waals surface area contributed by atoms with Crippen LogP contribution < -0.4 is 0 Å². The zero-order valence-corrected chi connectivity index (χ0v) is 61.3. The highest BCUT2D eigenvalue weighted by Gasteiger charge is 2.30. The molecule has 0 rings (SSSR count). The molecule has 0 aliphatic rings. The summed E-state index contributed by atoms with van der Waals surface area (Å²) >= 11 is 0. The molecule has 0 spiro atoms. The number of unbranched alkanes of at least 4 members (excludes halogenated alkanes) is 33. The van der Waals surface area contributed by atoms with Crippen LogP contribution in [-0.4, -0.2) is 96.7 Å². The molecule has 19 heteroatoms. The SMILES string of the molecule is CCC(C)CCCCCCCCCCCCC(=O)OC[C@H](COP(=O)(O)OC[C@@H](O)COP(=O)(O)OC[C@@H](COC(=O)CCCCCCCCC(C)CC)OC(=O)CCCCCCCCC(C)C)OC(=O)CCCCCCCCCCCCCCCCCC(C)C. The van der Waals surface area contributed by atoms with E-state index in [4.69, 9.17) is 37.0 Å². The number of aliphatic hydroxyl groups is 1. The van der Waals surface area contributed by atoms with Crippen LogP contribution in [0.1, 0.15) is 357 Å². The lowest BCUT2D eigenvalue weighted by molar-refractivity contribution is -0.161. The van der Waals surface area contributed by atoms with Crippen molar-refractivity contribution in [3.8, 4) is 0 Å². The van der Waals surface area contributed by atoms with E-state index in [2.05, 4.69) is 55.4 Å². The van der Waals surface area contributed by atoms with Gasteiger partial charge in [-0.3, -0.25) is 37.3 Å². The van der Waals surface area contributed by atoms with Gasteiger partial charge in [0.1, 0.15) is 19.3 Å². The molecule has 0 fully saturated rings. The Kier molecular flexibility index (Phi) is 60.3. The summed E-state index contributed by atoms with van der Waals surface area (Å²) < 4.78 is 68.3. The second-order valence-electron chi connectivity index (χ2n) is 27.4. The number of esters is 4. The lowest BCUT2D eigenvalue weighted by Gasteiger charge is -2.21. The summed E-state index contributed by atoms with van der Waals surface area (Å²) in [6, 6.07) is 0. The smallest absolute Gasteiger partial charge is 0.462 e. The first kappa shape index (κ1) is 89.1. The summed E-state index contributed by atoms with van der Waals surface area (Å²) in [5.74, 6) is 0.881. The van der Waals surface area contributed by atoms with E-state index in [0.29, 0.717) is 31.6 Å². The van der Waals surface area contributed by atoms with Crippen LogP contribution in [0.4, 0.5) is 0 Å². The van der Waals surface area contributed by atoms with Crippen molar-refractivity contribution >= 4 is 39.5 Å². The highest BCUT2D eigenvalue weighted by Crippen LogP contribution is 2.45. The predicted octanol–water partition coefficient (Wildman–Crippen LogP) is 20.5. The molecule has 0 heterocycles. The molecule has 0 saturated heterocycles. The van der Waals surface area contributed by atoms with Gasteiger partial charge in [0.05, 0.1) is 26.4 Å². The van der Waals surface area contributed by atoms with Crippen LogP contribution in [0.15, 0.2) is 0 Å². The van der Waals surface area contributed by atoms with Gasteiger partial charge in [-0.15, -0.1) is 0 Å². The number of ether oxygens (including phenoxy) is 4. The summed E-state index contributed by atoms with van der Waals surface area (Å²) in [6.07, 6.45) is 44.6. The largest absolute Gasteiger partial charge is 0.472 e. The molecule has 3 N–H and O–H groups in total. The van der Waals surface area contributed by atoms with Gasteiger partial charge in [-0.05, 0) is 49.4 Å². The zero-order chi connectivity index (χ0) is 67.5. The third-order valence-corrected chi connectivity index (χ3v) is 19.2. The van der Waals surface area contributed by atoms with Crippen molar-refractivity contribution in [2.24, 2.45) is 23.7 Å². The molecule has 0 radical (unpaired) electrons. The summed E-state index contributed by atoms with van der Waals surface area (Å²) in [7, 11) is -9.90. The standard InChI is InChI=1S/C72H140O17P2/c1-9-64(7)50-42-34-25-21-18-19-22-26-36-44-52-69(74)82-58-67(88-71(76)54-46-38-27-23-17-15-13-11-12-14-16-20-24-32-40-48-62(3)4)60-86-90(78,79)84-56-66(73)57-85-91(80,81)87-61-68(89-72(77)55-47-39-30-28-33-41-49-63(5)6)59-83-70(75)53-45-37-31-29-35-43-51-65(8)10-2/h62-68,73H,9-61H2,1-8H3,(H,78,79)(H,80,81)/t64?,65?,66-,67-,68-/m1/s1. The van der Waals surface area contributed by atoms with E-state index < -0.39 is 97.5 Å². The molecular weight excluding hydrogens is 1200 g/mol. The molecule has 4 unspecified atom stereocenters. The molecule has 91 heavy (non-hydrogen) atoms. The Hall–Kier alpha value is -1.94. The normalized spacial score (nSPS) is 14.8. The average Bonchev–Trinajstić information content (AvgIpc) is 3.22. The summed E-state index contributed by atoms with van der Waals surface area (Å²) in [5.41, 5.74) is 0. The van der Waals surface area contributed by atoms with E-state index >= 15 is 0 Å². The molecule has 0 bridgehead atoms. The number of hydrogen-bond donors (Lipinski definition) is 3. The van der Waals surface area contributed by atoms with Crippen LogP contribution in [0, 0.1) is 23.7 Å². The minimum atomic E-state index is -4.96. The van der Waals surface area contributed by atoms with Crippen LogP contribution in [0.2, 0.25) is 0 Å². The minimum Gasteiger partial charge on any atom is -0.462 e. The van der Waals surface area contributed by atoms with Gasteiger partial charge in [0, 0.05) is 25.7 Å². The van der Waals surface area contributed by atoms with Crippen molar-refractivity contribution in [3.63, 3.8) is 0 Å². The number of hydrogen-bond acceptors (Lipinski definition) is 15. The maximum atomic E-state index is 13.0. The Morgan fingerprint density at radius 1 is 0.308 bits per heavy atom. The Balaban J connectivity index is 5.23. The van der Waals surface area contributed by atoms with Gasteiger partial charge < -0.3 is 33.8 Å². The topological polar surface area (TPSA) is 237 Å². The molecule has 540 valence electrons. The van der Waals surface area contributed by atoms with Crippen LogP contribution >= 0.6 is 15.6 Å². The van der Waals surface area contributed by atoms with Crippen LogP contribution in [0.25, 0.3) is 0 Å². The maximum absolute atomic E-state index is 13.0. The first-order valence-electron chi connectivity index (χ1n) is 37.3. The molecule has 17 nitrogen and oxygen atoms in total. The Bertz CT molecular complexity index is 1800. The van der Waals surface area contributed by atoms with E-state index in [1.54, 1.807) is 0 Å². The molecule has 0 aliphatic carbocycles. The lowest BCUT2D eigenvalue weighted by Crippen LogP contribution is -2.30. The molecule has 0 aliphatic heterocycles. The van der Waals surface area contributed by atoms with Gasteiger partial charge in [-0.25, -0.2) is 9.13 Å². The molecule has 0 aromatic heterocycles. The van der Waals surface area contributed by atoms with Gasteiger partial charge in [0.25, 0.3) is 0 Å². The molecule has 0 amide bonds. The van der Waals surface area contributed by atoms with Crippen molar-refractivity contribution in [1.82, 2.24) is 0 Å². The maximum Gasteiger partial charge on any atom is 0.472 e. The zero-order valence-electron chi connectivity index (χ0n) is 59.5. The van der Waals surface area contributed by atoms with Gasteiger partial charge in [0.2, 0.25) is 0 Å². The van der Waals surface area contributed by atoms with Crippen molar-refractivity contribution < 1.29 is 80.2 Å². The third-order valence-electron chi connectivity index (χ3n) is 17.3. The van der Waals surface area contributed by atoms with E-state index in [1.807, 2.05) is 0 Å². The lowest BCUT2D eigenvalue weighted by atomic mass is 9.99. The van der Waals surface area contributed by atoms with Gasteiger partial charge in [-0.2, -0.15) is 0 Å². The number of carbonyl (C=O) groups is 4. The van der Waals surface area contributed by atoms with Crippen LogP contribution in [0.3, 0.4) is 0 Å². The van der Waals surface area contributed by atoms with Crippen molar-refractivity contribution in [2.45, 2.75) is 375 Å². The Labute approximate surface area is 556 Å². The highest BCUT2D eigenvalue weighted by molar-refractivity contribution is 7.47. The first-order chi connectivity index (χ1) is 43.7. The van der Waals surface area contributed by atoms with Crippen molar-refractivity contribution in [2.75, 3.05) is 39.6 Å². The minimum absolute atomic E-state index is 0.101. The average molecular weight is 1340 g/mol. The van der Waals surface area contributed by atoms with Gasteiger partial charge in [-0.1, -0.05) is 306 Å². The number of carbonyl (C=O) groups excluding carboxylic acids is 4. The van der Waals surface area contributed by atoms with E-state index in [0.717, 1.165) is 114 Å². The summed E-state index contributed by atoms with van der Waals surface area (Å²) in [6.45, 7) is 14.1. The fourth-order valence-electron chi connectivity index (χ4n) is 10.8. The third kappa shape index (κ3) is 63.9. The van der Waals surface area contributed by atoms with E-state index in [-0.39, 0.29) is 25.7 Å². The summed E-state index contributed by atoms with van der Waals surface area (Å²) in [4.78, 5) is 72.6. The van der Waals surface area contributed by atoms with Gasteiger partial charge in [0.15, 0.2) is 12.2 Å². The molecule has 0 aromatic carbocycles. The quantitative estimate of drug-likeness (QED) is 0.0222. The molecule has 7 atom stereocenters. The van der Waals surface area contributed by atoms with Gasteiger partial charge >= 0.3 is 39.5 Å². The first-order valence-corrected chi connectivity index (χ1v) is 40.3. The summed E-state index contributed by atoms with van der Waals surface area (Å²) in [5, 5.41) is 10.6. The van der Waals surface area contributed by atoms with E-state index in [1.165, 1.54) is 154 Å². The van der Waals surface area contributed by atoms with Crippen molar-refractivity contribution in [1.29, 1.82) is 0 Å². The van der Waals surface area contributed by atoms with E-state index in [9.17, 15) is 43.2 Å². The van der Waals surface area contributed by atoms with Crippen LogP contribution in [0.5, 0.6) is 0 Å². The second-order valence-corrected chi connectivity index (χ2v) is 30.3. The fraction of sp³-hybridized carbons (Fsp3) is 0.944. The predicted molar refractivity (Wildman–Crippen MR) is 367 cm³/mol. The second kappa shape index (κ2) is 61.6. The Morgan fingerprint density at radius 3 is 0.780 bits per heavy atom. The Morgan fingerprint density at radius 2 is 0.527 bits per heavy atom. The molecule has 0 saturated carbocycles. The number of rotatable bonds is 69. The number of phosphoric acid groups is 2. The monoisotopic (exact) mass is 1340 g/mol. The highest BCUT2D eigenvalue weighted by atomic mass is 31.2. The van der Waals surface area contributed by atoms with Crippen molar-refractivity contribution in [3.05, 3.63) is 0 Å². The number of phosphoric ester groups is 2. The van der Waals surface area contributed by atoms with Crippen LogP contribution in [-0.2, 0) is 65.4 Å². The fourth-order valence-corrected chi connectivity index (χ4v) is 12.4. The molecule has 0 aromatic rings. The molecular formula is C72H140O17P2. The number of aliphatic hydroxyl groups excluding tert-OH is 1.